The molecule has 1 aromatic heterocycles. The van der Waals surface area contributed by atoms with E-state index in [-0.39, 0.29) is 6.61 Å². The van der Waals surface area contributed by atoms with Crippen LogP contribution in [0.15, 0.2) is 0 Å². The van der Waals surface area contributed by atoms with Gasteiger partial charge in [-0.1, -0.05) is 6.42 Å². The molecular weight excluding hydrogens is 228 g/mol. The zero-order valence-electron chi connectivity index (χ0n) is 11.0. The molecule has 0 amide bonds. The van der Waals surface area contributed by atoms with Crippen molar-refractivity contribution >= 4 is 0 Å². The predicted molar refractivity (Wildman–Crippen MR) is 68.1 cm³/mol. The third kappa shape index (κ3) is 2.06. The lowest BCUT2D eigenvalue weighted by molar-refractivity contribution is 0.167. The molecule has 0 aromatic carbocycles. The molecule has 5 heteroatoms. The molecule has 0 radical (unpaired) electrons. The highest BCUT2D eigenvalue weighted by Crippen LogP contribution is 2.30. The highest BCUT2D eigenvalue weighted by molar-refractivity contribution is 5.05. The Kier molecular flexibility index (Phi) is 3.35. The Bertz CT molecular complexity index is 417. The van der Waals surface area contributed by atoms with Crippen molar-refractivity contribution in [3.05, 3.63) is 11.6 Å². The highest BCUT2D eigenvalue weighted by Gasteiger charge is 2.29. The largest absolute Gasteiger partial charge is 0.396 e. The lowest BCUT2D eigenvalue weighted by Crippen LogP contribution is -2.33. The molecule has 0 bridgehead atoms. The van der Waals surface area contributed by atoms with E-state index in [9.17, 15) is 5.11 Å². The van der Waals surface area contributed by atoms with Gasteiger partial charge in [-0.2, -0.15) is 0 Å². The van der Waals surface area contributed by atoms with Gasteiger partial charge < -0.3 is 9.67 Å². The van der Waals surface area contributed by atoms with Crippen molar-refractivity contribution < 1.29 is 5.11 Å². The SMILES string of the molecule is CN1CCCCC1c1nnc2n1CCC(CO)C2. The molecule has 1 fully saturated rings. The van der Waals surface area contributed by atoms with Crippen LogP contribution in [0.2, 0.25) is 0 Å². The van der Waals surface area contributed by atoms with Gasteiger partial charge in [0.25, 0.3) is 0 Å². The molecular formula is C13H22N4O. The minimum atomic E-state index is 0.269. The van der Waals surface area contributed by atoms with Gasteiger partial charge in [0.05, 0.1) is 6.04 Å². The predicted octanol–water partition coefficient (Wildman–Crippen LogP) is 0.990. The van der Waals surface area contributed by atoms with Crippen molar-refractivity contribution in [2.24, 2.45) is 5.92 Å². The summed E-state index contributed by atoms with van der Waals surface area (Å²) in [6, 6.07) is 0.436. The van der Waals surface area contributed by atoms with E-state index in [2.05, 4.69) is 26.7 Å². The van der Waals surface area contributed by atoms with E-state index >= 15 is 0 Å². The first kappa shape index (κ1) is 12.1. The average molecular weight is 250 g/mol. The van der Waals surface area contributed by atoms with Crippen molar-refractivity contribution in [3.8, 4) is 0 Å². The second-order valence-electron chi connectivity index (χ2n) is 5.66. The Morgan fingerprint density at radius 2 is 2.11 bits per heavy atom. The second kappa shape index (κ2) is 4.97. The van der Waals surface area contributed by atoms with E-state index in [0.29, 0.717) is 12.0 Å². The van der Waals surface area contributed by atoms with E-state index in [1.807, 2.05) is 0 Å². The molecule has 3 rings (SSSR count). The minimum Gasteiger partial charge on any atom is -0.396 e. The fourth-order valence-corrected chi connectivity index (χ4v) is 3.22. The van der Waals surface area contributed by atoms with E-state index < -0.39 is 0 Å². The highest BCUT2D eigenvalue weighted by atomic mass is 16.3. The zero-order valence-corrected chi connectivity index (χ0v) is 11.0. The van der Waals surface area contributed by atoms with E-state index in [4.69, 9.17) is 0 Å². The van der Waals surface area contributed by atoms with Gasteiger partial charge in [0, 0.05) is 19.6 Å². The lowest BCUT2D eigenvalue weighted by Gasteiger charge is -2.32. The van der Waals surface area contributed by atoms with Gasteiger partial charge in [-0.15, -0.1) is 10.2 Å². The van der Waals surface area contributed by atoms with Crippen LogP contribution in [0.1, 0.15) is 43.4 Å². The number of piperidine rings is 1. The summed E-state index contributed by atoms with van der Waals surface area (Å²) in [6.45, 7) is 2.39. The molecule has 3 heterocycles. The van der Waals surface area contributed by atoms with Gasteiger partial charge in [-0.05, 0) is 38.8 Å². The minimum absolute atomic E-state index is 0.269. The van der Waals surface area contributed by atoms with E-state index in [1.165, 1.54) is 19.3 Å². The Morgan fingerprint density at radius 1 is 1.22 bits per heavy atom. The van der Waals surface area contributed by atoms with Crippen molar-refractivity contribution in [3.63, 3.8) is 0 Å². The van der Waals surface area contributed by atoms with Crippen molar-refractivity contribution in [2.45, 2.75) is 44.7 Å². The van der Waals surface area contributed by atoms with Crippen LogP contribution in [0.25, 0.3) is 0 Å². The van der Waals surface area contributed by atoms with Crippen LogP contribution >= 0.6 is 0 Å². The zero-order chi connectivity index (χ0) is 12.5. The van der Waals surface area contributed by atoms with Gasteiger partial charge in [0.2, 0.25) is 0 Å². The van der Waals surface area contributed by atoms with Crippen LogP contribution in [0.3, 0.4) is 0 Å². The van der Waals surface area contributed by atoms with Gasteiger partial charge in [0.15, 0.2) is 0 Å². The molecule has 2 aliphatic heterocycles. The van der Waals surface area contributed by atoms with Crippen molar-refractivity contribution in [1.82, 2.24) is 19.7 Å². The molecule has 2 aliphatic rings. The Balaban J connectivity index is 1.84. The summed E-state index contributed by atoms with van der Waals surface area (Å²) in [4.78, 5) is 2.40. The normalized spacial score (nSPS) is 29.2. The summed E-state index contributed by atoms with van der Waals surface area (Å²) in [5, 5.41) is 18.0. The quantitative estimate of drug-likeness (QED) is 0.850. The molecule has 18 heavy (non-hydrogen) atoms. The number of aliphatic hydroxyl groups is 1. The van der Waals surface area contributed by atoms with Crippen molar-refractivity contribution in [1.29, 1.82) is 0 Å². The molecule has 1 aromatic rings. The molecule has 1 saturated heterocycles. The first-order valence-corrected chi connectivity index (χ1v) is 7.02. The first-order chi connectivity index (χ1) is 8.79. The van der Waals surface area contributed by atoms with Crippen LogP contribution < -0.4 is 0 Å². The maximum absolute atomic E-state index is 9.25. The summed E-state index contributed by atoms with van der Waals surface area (Å²) in [7, 11) is 2.19. The Morgan fingerprint density at radius 3 is 2.89 bits per heavy atom. The maximum Gasteiger partial charge on any atom is 0.150 e. The van der Waals surface area contributed by atoms with E-state index in [0.717, 1.165) is 37.6 Å². The summed E-state index contributed by atoms with van der Waals surface area (Å²) < 4.78 is 2.29. The van der Waals surface area contributed by atoms with E-state index in [1.54, 1.807) is 0 Å². The second-order valence-corrected chi connectivity index (χ2v) is 5.66. The molecule has 1 N–H and O–H groups in total. The van der Waals surface area contributed by atoms with Gasteiger partial charge in [-0.25, -0.2) is 0 Å². The van der Waals surface area contributed by atoms with Gasteiger partial charge in [0.1, 0.15) is 11.6 Å². The van der Waals surface area contributed by atoms with Crippen LogP contribution in [0, 0.1) is 5.92 Å². The van der Waals surface area contributed by atoms with Crippen molar-refractivity contribution in [2.75, 3.05) is 20.2 Å². The standard InChI is InChI=1S/C13H22N4O/c1-16-6-3-2-4-11(16)13-15-14-12-8-10(9-18)5-7-17(12)13/h10-11,18H,2-9H2,1H3. The lowest BCUT2D eigenvalue weighted by atomic mass is 9.97. The van der Waals surface area contributed by atoms with Crippen LogP contribution in [0.5, 0.6) is 0 Å². The summed E-state index contributed by atoms with van der Waals surface area (Å²) in [5.74, 6) is 2.58. The molecule has 100 valence electrons. The number of aromatic nitrogens is 3. The van der Waals surface area contributed by atoms with Crippen LogP contribution in [-0.4, -0.2) is 45.0 Å². The number of rotatable bonds is 2. The number of fused-ring (bicyclic) bond motifs is 1. The molecule has 2 unspecified atom stereocenters. The summed E-state index contributed by atoms with van der Waals surface area (Å²) in [5.41, 5.74) is 0. The molecule has 0 spiro atoms. The average Bonchev–Trinajstić information content (AvgIpc) is 2.82. The molecule has 5 nitrogen and oxygen atoms in total. The number of hydrogen-bond donors (Lipinski definition) is 1. The van der Waals surface area contributed by atoms with Crippen LogP contribution in [-0.2, 0) is 13.0 Å². The van der Waals surface area contributed by atoms with Gasteiger partial charge in [-0.3, -0.25) is 4.90 Å². The maximum atomic E-state index is 9.25. The monoisotopic (exact) mass is 250 g/mol. The molecule has 0 saturated carbocycles. The molecule has 0 aliphatic carbocycles. The summed E-state index contributed by atoms with van der Waals surface area (Å²) in [6.07, 6.45) is 5.69. The smallest absolute Gasteiger partial charge is 0.150 e. The number of nitrogens with zero attached hydrogens (tertiary/aromatic N) is 4. The van der Waals surface area contributed by atoms with Crippen LogP contribution in [0.4, 0.5) is 0 Å². The Labute approximate surface area is 108 Å². The summed E-state index contributed by atoms with van der Waals surface area (Å²) >= 11 is 0. The fourth-order valence-electron chi connectivity index (χ4n) is 3.22. The molecule has 2 atom stereocenters. The van der Waals surface area contributed by atoms with Gasteiger partial charge >= 0.3 is 0 Å². The fraction of sp³-hybridized carbons (Fsp3) is 0.846. The number of hydrogen-bond acceptors (Lipinski definition) is 4. The number of aliphatic hydroxyl groups excluding tert-OH is 1. The first-order valence-electron chi connectivity index (χ1n) is 7.02. The Hall–Kier alpha value is -0.940. The third-order valence-corrected chi connectivity index (χ3v) is 4.41. The number of likely N-dealkylation sites (tertiary alicyclic amines) is 1. The third-order valence-electron chi connectivity index (χ3n) is 4.41. The topological polar surface area (TPSA) is 54.2 Å².